The highest BCUT2D eigenvalue weighted by molar-refractivity contribution is 5.86. The average molecular weight is 167 g/mol. The number of nitrogens with one attached hydrogen (secondary N) is 1. The quantitative estimate of drug-likeness (QED) is 0.678. The SMILES string of the molecule is C=C1N=C(C(C)C)NN1C(C)C. The predicted molar refractivity (Wildman–Crippen MR) is 51.5 cm³/mol. The first-order valence-electron chi connectivity index (χ1n) is 4.35. The van der Waals surface area contributed by atoms with Gasteiger partial charge in [-0.15, -0.1) is 0 Å². The van der Waals surface area contributed by atoms with E-state index in [2.05, 4.69) is 44.7 Å². The smallest absolute Gasteiger partial charge is 0.142 e. The van der Waals surface area contributed by atoms with Crippen molar-refractivity contribution in [3.05, 3.63) is 12.4 Å². The number of hydrogen-bond acceptors (Lipinski definition) is 3. The van der Waals surface area contributed by atoms with Crippen LogP contribution in [0, 0.1) is 5.92 Å². The highest BCUT2D eigenvalue weighted by Crippen LogP contribution is 2.14. The summed E-state index contributed by atoms with van der Waals surface area (Å²) in [4.78, 5) is 4.33. The Balaban J connectivity index is 2.67. The van der Waals surface area contributed by atoms with E-state index in [0.29, 0.717) is 12.0 Å². The van der Waals surface area contributed by atoms with Crippen LogP contribution < -0.4 is 5.43 Å². The Labute approximate surface area is 74.1 Å². The van der Waals surface area contributed by atoms with Crippen molar-refractivity contribution in [2.75, 3.05) is 0 Å². The van der Waals surface area contributed by atoms with Gasteiger partial charge in [0.25, 0.3) is 0 Å². The lowest BCUT2D eigenvalue weighted by Crippen LogP contribution is -2.41. The van der Waals surface area contributed by atoms with E-state index < -0.39 is 0 Å². The number of amidine groups is 1. The van der Waals surface area contributed by atoms with Crippen LogP contribution in [0.4, 0.5) is 0 Å². The third kappa shape index (κ3) is 1.60. The summed E-state index contributed by atoms with van der Waals surface area (Å²) in [5, 5.41) is 1.98. The van der Waals surface area contributed by atoms with Crippen LogP contribution >= 0.6 is 0 Å². The summed E-state index contributed by atoms with van der Waals surface area (Å²) in [5.41, 5.74) is 3.22. The van der Waals surface area contributed by atoms with E-state index >= 15 is 0 Å². The molecular formula is C9H17N3. The minimum Gasteiger partial charge on any atom is -0.283 e. The molecule has 0 aliphatic carbocycles. The van der Waals surface area contributed by atoms with Crippen LogP contribution in [-0.2, 0) is 0 Å². The van der Waals surface area contributed by atoms with Crippen molar-refractivity contribution >= 4 is 5.84 Å². The van der Waals surface area contributed by atoms with Crippen LogP contribution in [0.25, 0.3) is 0 Å². The lowest BCUT2D eigenvalue weighted by atomic mass is 10.2. The monoisotopic (exact) mass is 167 g/mol. The highest BCUT2D eigenvalue weighted by Gasteiger charge is 2.21. The minimum absolute atomic E-state index is 0.400. The Morgan fingerprint density at radius 3 is 2.17 bits per heavy atom. The summed E-state index contributed by atoms with van der Waals surface area (Å²) in [5.74, 6) is 2.26. The molecule has 12 heavy (non-hydrogen) atoms. The Kier molecular flexibility index (Phi) is 2.40. The van der Waals surface area contributed by atoms with Crippen molar-refractivity contribution in [1.29, 1.82) is 0 Å². The average Bonchev–Trinajstić information content (AvgIpc) is 2.30. The molecule has 1 N–H and O–H groups in total. The van der Waals surface area contributed by atoms with Gasteiger partial charge in [0, 0.05) is 12.0 Å². The van der Waals surface area contributed by atoms with Gasteiger partial charge >= 0.3 is 0 Å². The number of aliphatic imine (C=N–C) groups is 1. The summed E-state index contributed by atoms with van der Waals surface area (Å²) < 4.78 is 0. The van der Waals surface area contributed by atoms with E-state index in [-0.39, 0.29) is 0 Å². The molecule has 0 aromatic rings. The van der Waals surface area contributed by atoms with Crippen molar-refractivity contribution in [3.8, 4) is 0 Å². The van der Waals surface area contributed by atoms with Gasteiger partial charge in [0.05, 0.1) is 0 Å². The van der Waals surface area contributed by atoms with E-state index in [0.717, 1.165) is 11.7 Å². The van der Waals surface area contributed by atoms with Crippen molar-refractivity contribution in [2.24, 2.45) is 10.9 Å². The molecule has 0 atom stereocenters. The second kappa shape index (κ2) is 3.17. The maximum Gasteiger partial charge on any atom is 0.142 e. The first-order chi connectivity index (χ1) is 5.52. The van der Waals surface area contributed by atoms with Gasteiger partial charge in [-0.2, -0.15) is 0 Å². The first kappa shape index (κ1) is 9.10. The molecule has 1 heterocycles. The van der Waals surface area contributed by atoms with E-state index in [1.807, 2.05) is 5.01 Å². The first-order valence-corrected chi connectivity index (χ1v) is 4.35. The van der Waals surface area contributed by atoms with Gasteiger partial charge in [-0.3, -0.25) is 10.4 Å². The Bertz CT molecular complexity index is 216. The molecule has 0 bridgehead atoms. The predicted octanol–water partition coefficient (Wildman–Crippen LogP) is 1.74. The summed E-state index contributed by atoms with van der Waals surface area (Å²) in [6, 6.07) is 0.400. The molecule has 1 rings (SSSR count). The van der Waals surface area contributed by atoms with Crippen molar-refractivity contribution in [2.45, 2.75) is 33.7 Å². The van der Waals surface area contributed by atoms with Crippen LogP contribution in [0.15, 0.2) is 17.4 Å². The van der Waals surface area contributed by atoms with Crippen LogP contribution in [0.1, 0.15) is 27.7 Å². The molecule has 1 aliphatic rings. The van der Waals surface area contributed by atoms with Crippen LogP contribution in [-0.4, -0.2) is 16.9 Å². The zero-order chi connectivity index (χ0) is 9.30. The third-order valence-corrected chi connectivity index (χ3v) is 1.83. The fourth-order valence-corrected chi connectivity index (χ4v) is 1.09. The highest BCUT2D eigenvalue weighted by atomic mass is 15.6. The zero-order valence-electron chi connectivity index (χ0n) is 8.26. The summed E-state index contributed by atoms with van der Waals surface area (Å²) >= 11 is 0. The second-order valence-electron chi connectivity index (χ2n) is 3.64. The van der Waals surface area contributed by atoms with Gasteiger partial charge in [-0.1, -0.05) is 20.4 Å². The van der Waals surface area contributed by atoms with E-state index in [1.54, 1.807) is 0 Å². The van der Waals surface area contributed by atoms with Gasteiger partial charge in [0.2, 0.25) is 0 Å². The molecule has 0 saturated heterocycles. The summed E-state index contributed by atoms with van der Waals surface area (Å²) in [6.07, 6.45) is 0. The molecule has 0 amide bonds. The minimum atomic E-state index is 0.400. The molecule has 0 aromatic carbocycles. The molecule has 0 aromatic heterocycles. The lowest BCUT2D eigenvalue weighted by molar-refractivity contribution is 0.258. The largest absolute Gasteiger partial charge is 0.283 e. The Morgan fingerprint density at radius 1 is 1.33 bits per heavy atom. The van der Waals surface area contributed by atoms with Crippen LogP contribution in [0.2, 0.25) is 0 Å². The second-order valence-corrected chi connectivity index (χ2v) is 3.64. The summed E-state index contributed by atoms with van der Waals surface area (Å²) in [6.45, 7) is 12.3. The maximum atomic E-state index is 4.33. The lowest BCUT2D eigenvalue weighted by Gasteiger charge is -2.23. The zero-order valence-corrected chi connectivity index (χ0v) is 8.26. The van der Waals surface area contributed by atoms with Crippen molar-refractivity contribution in [3.63, 3.8) is 0 Å². The molecular weight excluding hydrogens is 150 g/mol. The number of nitrogens with zero attached hydrogens (tertiary/aromatic N) is 2. The fourth-order valence-electron chi connectivity index (χ4n) is 1.09. The van der Waals surface area contributed by atoms with Crippen LogP contribution in [0.3, 0.4) is 0 Å². The van der Waals surface area contributed by atoms with Gasteiger partial charge < -0.3 is 0 Å². The molecule has 3 nitrogen and oxygen atoms in total. The van der Waals surface area contributed by atoms with Crippen LogP contribution in [0.5, 0.6) is 0 Å². The van der Waals surface area contributed by atoms with Gasteiger partial charge in [-0.05, 0) is 13.8 Å². The van der Waals surface area contributed by atoms with Crippen molar-refractivity contribution in [1.82, 2.24) is 10.4 Å². The molecule has 0 radical (unpaired) electrons. The van der Waals surface area contributed by atoms with E-state index in [4.69, 9.17) is 0 Å². The maximum absolute atomic E-state index is 4.33. The Morgan fingerprint density at radius 2 is 1.92 bits per heavy atom. The van der Waals surface area contributed by atoms with E-state index in [9.17, 15) is 0 Å². The summed E-state index contributed by atoms with van der Waals surface area (Å²) in [7, 11) is 0. The van der Waals surface area contributed by atoms with E-state index in [1.165, 1.54) is 0 Å². The molecule has 0 spiro atoms. The van der Waals surface area contributed by atoms with Gasteiger partial charge in [-0.25, -0.2) is 4.99 Å². The molecule has 68 valence electrons. The Hall–Kier alpha value is -0.990. The fraction of sp³-hybridized carbons (Fsp3) is 0.667. The normalized spacial score (nSPS) is 17.3. The van der Waals surface area contributed by atoms with Gasteiger partial charge in [0.15, 0.2) is 0 Å². The number of hydrogen-bond donors (Lipinski definition) is 1. The third-order valence-electron chi connectivity index (χ3n) is 1.83. The number of hydrazine groups is 1. The molecule has 3 heteroatoms. The molecule has 1 aliphatic heterocycles. The standard InChI is InChI=1S/C9H17N3/c1-6(2)9-10-8(5)12(11-9)7(3)4/h6-7H,5H2,1-4H3,(H,10,11). The van der Waals surface area contributed by atoms with Crippen molar-refractivity contribution < 1.29 is 0 Å². The molecule has 0 fully saturated rings. The molecule has 0 unspecified atom stereocenters. The number of rotatable bonds is 2. The van der Waals surface area contributed by atoms with Gasteiger partial charge in [0.1, 0.15) is 11.7 Å². The topological polar surface area (TPSA) is 27.6 Å². The molecule has 0 saturated carbocycles.